The highest BCUT2D eigenvalue weighted by Crippen LogP contribution is 2.29. The number of hydrogen-bond acceptors (Lipinski definition) is 4. The van der Waals surface area contributed by atoms with Crippen molar-refractivity contribution < 1.29 is 14.3 Å². The van der Waals surface area contributed by atoms with Crippen LogP contribution in [0.3, 0.4) is 0 Å². The molecule has 0 radical (unpaired) electrons. The lowest BCUT2D eigenvalue weighted by Crippen LogP contribution is -2.11. The fourth-order valence-corrected chi connectivity index (χ4v) is 1.41. The van der Waals surface area contributed by atoms with Gasteiger partial charge in [-0.25, -0.2) is 0 Å². The Morgan fingerprint density at radius 2 is 2.06 bits per heavy atom. The molecule has 1 aromatic carbocycles. The molecule has 0 bridgehead atoms. The van der Waals surface area contributed by atoms with Crippen LogP contribution in [0.4, 0.5) is 5.69 Å². The Balaban J connectivity index is 2.92. The summed E-state index contributed by atoms with van der Waals surface area (Å²) < 4.78 is 10.7. The lowest BCUT2D eigenvalue weighted by atomic mass is 10.2. The minimum Gasteiger partial charge on any atom is -0.494 e. The molecule has 1 amide bonds. The zero-order valence-corrected chi connectivity index (χ0v) is 10.5. The maximum absolute atomic E-state index is 11.4. The number of carbonyl (C=O) groups is 1. The van der Waals surface area contributed by atoms with Gasteiger partial charge in [0.25, 0.3) is 0 Å². The van der Waals surface area contributed by atoms with Gasteiger partial charge in [0.1, 0.15) is 17.9 Å². The number of anilines is 1. The van der Waals surface area contributed by atoms with Gasteiger partial charge in [0.05, 0.1) is 25.0 Å². The van der Waals surface area contributed by atoms with Crippen LogP contribution in [-0.2, 0) is 4.79 Å². The SMILES string of the molecule is CCOc1ccc(OCC)c(NC(=O)CC#N)c1. The highest BCUT2D eigenvalue weighted by atomic mass is 16.5. The van der Waals surface area contributed by atoms with Crippen molar-refractivity contribution in [1.29, 1.82) is 5.26 Å². The van der Waals surface area contributed by atoms with E-state index in [1.54, 1.807) is 24.3 Å². The van der Waals surface area contributed by atoms with Gasteiger partial charge in [-0.3, -0.25) is 4.79 Å². The lowest BCUT2D eigenvalue weighted by Gasteiger charge is -2.12. The molecule has 0 atom stereocenters. The van der Waals surface area contributed by atoms with Crippen LogP contribution in [-0.4, -0.2) is 19.1 Å². The summed E-state index contributed by atoms with van der Waals surface area (Å²) in [7, 11) is 0. The number of nitrogens with one attached hydrogen (secondary N) is 1. The van der Waals surface area contributed by atoms with E-state index in [4.69, 9.17) is 14.7 Å². The molecule has 0 aliphatic heterocycles. The first-order chi connectivity index (χ1) is 8.71. The van der Waals surface area contributed by atoms with E-state index < -0.39 is 0 Å². The lowest BCUT2D eigenvalue weighted by molar-refractivity contribution is -0.115. The van der Waals surface area contributed by atoms with Gasteiger partial charge in [0, 0.05) is 6.07 Å². The summed E-state index contributed by atoms with van der Waals surface area (Å²) in [5.74, 6) is 0.840. The third kappa shape index (κ3) is 3.98. The zero-order valence-electron chi connectivity index (χ0n) is 10.5. The zero-order chi connectivity index (χ0) is 13.4. The van der Waals surface area contributed by atoms with Crippen LogP contribution < -0.4 is 14.8 Å². The van der Waals surface area contributed by atoms with Crippen molar-refractivity contribution in [2.24, 2.45) is 0 Å². The van der Waals surface area contributed by atoms with E-state index in [1.165, 1.54) is 0 Å². The standard InChI is InChI=1S/C13H16N2O3/c1-3-17-10-5-6-12(18-4-2)11(9-10)15-13(16)7-8-14/h5-6,9H,3-4,7H2,1-2H3,(H,15,16). The molecule has 18 heavy (non-hydrogen) atoms. The maximum Gasteiger partial charge on any atom is 0.238 e. The second-order valence-electron chi connectivity index (χ2n) is 3.41. The second-order valence-corrected chi connectivity index (χ2v) is 3.41. The van der Waals surface area contributed by atoms with Crippen molar-refractivity contribution in [3.05, 3.63) is 18.2 Å². The summed E-state index contributed by atoms with van der Waals surface area (Å²) in [6, 6.07) is 6.98. The molecule has 0 unspecified atom stereocenters. The number of amides is 1. The third-order valence-corrected chi connectivity index (χ3v) is 2.08. The molecule has 1 rings (SSSR count). The fourth-order valence-electron chi connectivity index (χ4n) is 1.41. The van der Waals surface area contributed by atoms with Gasteiger partial charge in [-0.05, 0) is 26.0 Å². The minimum atomic E-state index is -0.368. The van der Waals surface area contributed by atoms with Crippen molar-refractivity contribution in [2.75, 3.05) is 18.5 Å². The quantitative estimate of drug-likeness (QED) is 0.838. The Morgan fingerprint density at radius 3 is 2.67 bits per heavy atom. The van der Waals surface area contributed by atoms with Crippen molar-refractivity contribution in [3.8, 4) is 17.6 Å². The van der Waals surface area contributed by atoms with Crippen LogP contribution in [0.25, 0.3) is 0 Å². The molecule has 0 saturated carbocycles. The molecule has 0 heterocycles. The Labute approximate surface area is 106 Å². The van der Waals surface area contributed by atoms with E-state index in [1.807, 2.05) is 13.8 Å². The molecule has 1 aromatic rings. The molecule has 5 heteroatoms. The summed E-state index contributed by atoms with van der Waals surface area (Å²) >= 11 is 0. The Bertz CT molecular complexity index is 452. The van der Waals surface area contributed by atoms with Crippen molar-refractivity contribution in [3.63, 3.8) is 0 Å². The first kappa shape index (κ1) is 13.8. The fraction of sp³-hybridized carbons (Fsp3) is 0.385. The Hall–Kier alpha value is -2.22. The van der Waals surface area contributed by atoms with E-state index in [2.05, 4.69) is 5.32 Å². The van der Waals surface area contributed by atoms with Crippen LogP contribution in [0.15, 0.2) is 18.2 Å². The monoisotopic (exact) mass is 248 g/mol. The average molecular weight is 248 g/mol. The molecule has 0 spiro atoms. The number of hydrogen-bond donors (Lipinski definition) is 1. The second kappa shape index (κ2) is 7.17. The molecule has 0 aliphatic rings. The number of nitriles is 1. The van der Waals surface area contributed by atoms with Gasteiger partial charge in [-0.2, -0.15) is 5.26 Å². The molecule has 0 fully saturated rings. The van der Waals surface area contributed by atoms with Gasteiger partial charge in [-0.1, -0.05) is 0 Å². The third-order valence-electron chi connectivity index (χ3n) is 2.08. The van der Waals surface area contributed by atoms with Gasteiger partial charge in [0.2, 0.25) is 5.91 Å². The van der Waals surface area contributed by atoms with Gasteiger partial charge < -0.3 is 14.8 Å². The Kier molecular flexibility index (Phi) is 5.52. The average Bonchev–Trinajstić information content (AvgIpc) is 2.33. The minimum absolute atomic E-state index is 0.190. The van der Waals surface area contributed by atoms with E-state index in [9.17, 15) is 4.79 Å². The smallest absolute Gasteiger partial charge is 0.238 e. The van der Waals surface area contributed by atoms with Crippen LogP contribution >= 0.6 is 0 Å². The van der Waals surface area contributed by atoms with Gasteiger partial charge >= 0.3 is 0 Å². The molecule has 0 aromatic heterocycles. The first-order valence-corrected chi connectivity index (χ1v) is 5.77. The van der Waals surface area contributed by atoms with Crippen LogP contribution in [0, 0.1) is 11.3 Å². The molecule has 0 saturated heterocycles. The predicted molar refractivity (Wildman–Crippen MR) is 67.6 cm³/mol. The highest BCUT2D eigenvalue weighted by molar-refractivity contribution is 5.93. The van der Waals surface area contributed by atoms with Crippen LogP contribution in [0.5, 0.6) is 11.5 Å². The summed E-state index contributed by atoms with van der Waals surface area (Å²) in [5.41, 5.74) is 0.517. The van der Waals surface area contributed by atoms with Gasteiger partial charge in [0.15, 0.2) is 0 Å². The summed E-state index contributed by atoms with van der Waals surface area (Å²) in [6.07, 6.45) is -0.190. The molecular formula is C13H16N2O3. The summed E-state index contributed by atoms with van der Waals surface area (Å²) in [4.78, 5) is 11.4. The van der Waals surface area contributed by atoms with E-state index >= 15 is 0 Å². The number of nitrogens with zero attached hydrogens (tertiary/aromatic N) is 1. The van der Waals surface area contributed by atoms with Crippen LogP contribution in [0.2, 0.25) is 0 Å². The largest absolute Gasteiger partial charge is 0.494 e. The maximum atomic E-state index is 11.4. The predicted octanol–water partition coefficient (Wildman–Crippen LogP) is 2.34. The summed E-state index contributed by atoms with van der Waals surface area (Å²) in [5, 5.41) is 11.1. The number of benzene rings is 1. The molecular weight excluding hydrogens is 232 g/mol. The Morgan fingerprint density at radius 1 is 1.33 bits per heavy atom. The van der Waals surface area contributed by atoms with Crippen molar-refractivity contribution in [2.45, 2.75) is 20.3 Å². The molecule has 5 nitrogen and oxygen atoms in total. The van der Waals surface area contributed by atoms with E-state index in [-0.39, 0.29) is 12.3 Å². The number of carbonyl (C=O) groups excluding carboxylic acids is 1. The van der Waals surface area contributed by atoms with E-state index in [0.29, 0.717) is 30.4 Å². The molecule has 0 aliphatic carbocycles. The number of rotatable bonds is 6. The van der Waals surface area contributed by atoms with E-state index in [0.717, 1.165) is 0 Å². The molecule has 1 N–H and O–H groups in total. The first-order valence-electron chi connectivity index (χ1n) is 5.77. The topological polar surface area (TPSA) is 71.3 Å². The van der Waals surface area contributed by atoms with Gasteiger partial charge in [-0.15, -0.1) is 0 Å². The normalized spacial score (nSPS) is 9.39. The number of ether oxygens (including phenoxy) is 2. The highest BCUT2D eigenvalue weighted by Gasteiger charge is 2.09. The van der Waals surface area contributed by atoms with Crippen molar-refractivity contribution in [1.82, 2.24) is 0 Å². The van der Waals surface area contributed by atoms with Crippen LogP contribution in [0.1, 0.15) is 20.3 Å². The molecule has 96 valence electrons. The summed E-state index contributed by atoms with van der Waals surface area (Å²) in [6.45, 7) is 4.77. The van der Waals surface area contributed by atoms with Crippen molar-refractivity contribution >= 4 is 11.6 Å².